The number of carbonyl (C=O) groups is 6. The lowest BCUT2D eigenvalue weighted by Gasteiger charge is -2.38. The number of esters is 1. The Morgan fingerprint density at radius 3 is 2.04 bits per heavy atom. The van der Waals surface area contributed by atoms with E-state index in [-0.39, 0.29) is 42.2 Å². The highest BCUT2D eigenvalue weighted by molar-refractivity contribution is 5.96. The standard InChI is InChI=1S/C39H60F2N6O7/c1-21(2)28(35(52)54-38(6,7)8)44-36(53)45-30(37(3,4)5)34(51)47-20-24-27(39(24,9)10)29(47)32(49)43-25(19-26(40)41)31(48)42-18-17-22-13-15-23(16-14-22)33(50)46(11)12/h13-16,21,24-30H,17-20H2,1-12H3,(H,42,48)(H,43,49)(H2,44,45,53)/t24?,25-,27?,28-,29-,30+/m0/s1. The number of amides is 6. The van der Waals surface area contributed by atoms with Gasteiger partial charge >= 0.3 is 12.0 Å². The van der Waals surface area contributed by atoms with E-state index in [1.165, 1.54) is 9.80 Å². The molecule has 54 heavy (non-hydrogen) atoms. The second kappa shape index (κ2) is 17.0. The van der Waals surface area contributed by atoms with Gasteiger partial charge < -0.3 is 35.8 Å². The minimum Gasteiger partial charge on any atom is -0.458 e. The predicted octanol–water partition coefficient (Wildman–Crippen LogP) is 3.75. The Kier molecular flexibility index (Phi) is 13.9. The number of halogens is 2. The first-order chi connectivity index (χ1) is 24.8. The maximum atomic E-state index is 14.3. The highest BCUT2D eigenvalue weighted by Crippen LogP contribution is 2.65. The van der Waals surface area contributed by atoms with Gasteiger partial charge in [0.15, 0.2) is 0 Å². The number of hydrogen-bond acceptors (Lipinski definition) is 7. The monoisotopic (exact) mass is 762 g/mol. The second-order valence-electron chi connectivity index (χ2n) is 17.7. The molecule has 2 aliphatic rings. The molecule has 0 radical (unpaired) electrons. The SMILES string of the molecule is CC(C)[C@H](NC(=O)N[C@H](C(=O)N1CC2C([C@H]1C(=O)N[C@@H](CC(F)F)C(=O)NCCc1ccc(C(=O)N(C)C)cc1)C2(C)C)C(C)(C)C)C(=O)OC(C)(C)C. The molecule has 1 aliphatic heterocycles. The van der Waals surface area contributed by atoms with Crippen molar-refractivity contribution in [3.8, 4) is 0 Å². The number of hydrogen-bond donors (Lipinski definition) is 4. The van der Waals surface area contributed by atoms with E-state index in [0.29, 0.717) is 12.0 Å². The van der Waals surface area contributed by atoms with Crippen LogP contribution in [-0.4, -0.2) is 109 Å². The molecule has 1 saturated carbocycles. The van der Waals surface area contributed by atoms with Crippen molar-refractivity contribution < 1.29 is 42.3 Å². The first-order valence-corrected chi connectivity index (χ1v) is 18.5. The molecule has 4 N–H and O–H groups in total. The van der Waals surface area contributed by atoms with E-state index < -0.39 is 77.8 Å². The lowest BCUT2D eigenvalue weighted by molar-refractivity contribution is -0.158. The van der Waals surface area contributed by atoms with E-state index in [0.717, 1.165) is 5.56 Å². The molecule has 13 nitrogen and oxygen atoms in total. The van der Waals surface area contributed by atoms with Gasteiger partial charge in [-0.2, -0.15) is 0 Å². The summed E-state index contributed by atoms with van der Waals surface area (Å²) in [5, 5.41) is 10.5. The van der Waals surface area contributed by atoms with Crippen LogP contribution >= 0.6 is 0 Å². The number of fused-ring (bicyclic) bond motifs is 1. The summed E-state index contributed by atoms with van der Waals surface area (Å²) in [5.41, 5.74) is -0.659. The zero-order valence-corrected chi connectivity index (χ0v) is 33.8. The lowest BCUT2D eigenvalue weighted by atomic mass is 9.85. The second-order valence-corrected chi connectivity index (χ2v) is 17.7. The molecule has 1 aliphatic carbocycles. The first-order valence-electron chi connectivity index (χ1n) is 18.5. The van der Waals surface area contributed by atoms with Crippen molar-refractivity contribution in [1.29, 1.82) is 0 Å². The highest BCUT2D eigenvalue weighted by atomic mass is 19.3. The fraction of sp³-hybridized carbons (Fsp3) is 0.692. The largest absolute Gasteiger partial charge is 0.458 e. The molecule has 1 aromatic rings. The van der Waals surface area contributed by atoms with Crippen molar-refractivity contribution in [3.63, 3.8) is 0 Å². The molecule has 6 amide bonds. The summed E-state index contributed by atoms with van der Waals surface area (Å²) in [6.07, 6.45) is -3.49. The molecular weight excluding hydrogens is 702 g/mol. The number of carbonyl (C=O) groups excluding carboxylic acids is 6. The van der Waals surface area contributed by atoms with E-state index >= 15 is 0 Å². The quantitative estimate of drug-likeness (QED) is 0.210. The molecule has 3 rings (SSSR count). The molecule has 0 aromatic heterocycles. The van der Waals surface area contributed by atoms with Crippen LogP contribution < -0.4 is 21.3 Å². The Balaban J connectivity index is 1.76. The highest BCUT2D eigenvalue weighted by Gasteiger charge is 2.70. The van der Waals surface area contributed by atoms with E-state index in [9.17, 15) is 37.5 Å². The third-order valence-electron chi connectivity index (χ3n) is 10.1. The third kappa shape index (κ3) is 11.1. The van der Waals surface area contributed by atoms with Crippen LogP contribution in [-0.2, 0) is 30.3 Å². The Bertz CT molecular complexity index is 1550. The van der Waals surface area contributed by atoms with Crippen molar-refractivity contribution in [1.82, 2.24) is 31.1 Å². The number of nitrogens with zero attached hydrogens (tertiary/aromatic N) is 2. The number of likely N-dealkylation sites (tertiary alicyclic amines) is 1. The van der Waals surface area contributed by atoms with Gasteiger partial charge in [0.2, 0.25) is 24.1 Å². The first kappa shape index (κ1) is 44.1. The maximum Gasteiger partial charge on any atom is 0.329 e. The number of benzene rings is 1. The van der Waals surface area contributed by atoms with Gasteiger partial charge in [-0.15, -0.1) is 0 Å². The summed E-state index contributed by atoms with van der Waals surface area (Å²) in [4.78, 5) is 82.8. The fourth-order valence-corrected chi connectivity index (χ4v) is 7.00. The van der Waals surface area contributed by atoms with Crippen LogP contribution in [0.2, 0.25) is 0 Å². The van der Waals surface area contributed by atoms with Crippen LogP contribution in [0.3, 0.4) is 0 Å². The number of piperidine rings is 1. The molecular formula is C39H60F2N6O7. The Hall–Kier alpha value is -4.30. The topological polar surface area (TPSA) is 166 Å². The lowest BCUT2D eigenvalue weighted by Crippen LogP contribution is -2.62. The van der Waals surface area contributed by atoms with Crippen molar-refractivity contribution >= 4 is 35.6 Å². The van der Waals surface area contributed by atoms with Crippen molar-refractivity contribution in [3.05, 3.63) is 35.4 Å². The van der Waals surface area contributed by atoms with Crippen LogP contribution in [0.15, 0.2) is 24.3 Å². The minimum absolute atomic E-state index is 0.0640. The van der Waals surface area contributed by atoms with E-state index in [4.69, 9.17) is 4.74 Å². The summed E-state index contributed by atoms with van der Waals surface area (Å²) >= 11 is 0. The number of rotatable bonds is 14. The smallest absolute Gasteiger partial charge is 0.329 e. The van der Waals surface area contributed by atoms with Crippen molar-refractivity contribution in [2.75, 3.05) is 27.2 Å². The molecule has 15 heteroatoms. The summed E-state index contributed by atoms with van der Waals surface area (Å²) < 4.78 is 33.0. The van der Waals surface area contributed by atoms with Gasteiger partial charge in [-0.05, 0) is 73.5 Å². The van der Waals surface area contributed by atoms with Gasteiger partial charge in [-0.1, -0.05) is 60.6 Å². The molecule has 0 bridgehead atoms. The van der Waals surface area contributed by atoms with Crippen molar-refractivity contribution in [2.45, 2.75) is 118 Å². The van der Waals surface area contributed by atoms with Crippen LogP contribution in [0.1, 0.15) is 91.6 Å². The molecule has 1 heterocycles. The van der Waals surface area contributed by atoms with Crippen LogP contribution in [0, 0.1) is 28.6 Å². The number of urea groups is 1. The van der Waals surface area contributed by atoms with Gasteiger partial charge in [0.05, 0.1) is 0 Å². The van der Waals surface area contributed by atoms with Crippen molar-refractivity contribution in [2.24, 2.45) is 28.6 Å². The van der Waals surface area contributed by atoms with Gasteiger partial charge in [0, 0.05) is 39.2 Å². The number of alkyl halides is 2. The van der Waals surface area contributed by atoms with Gasteiger partial charge in [-0.25, -0.2) is 18.4 Å². The van der Waals surface area contributed by atoms with E-state index in [1.807, 2.05) is 13.8 Å². The summed E-state index contributed by atoms with van der Waals surface area (Å²) in [6.45, 7) is 18.1. The minimum atomic E-state index is -2.91. The third-order valence-corrected chi connectivity index (χ3v) is 10.1. The summed E-state index contributed by atoms with van der Waals surface area (Å²) in [7, 11) is 3.29. The molecule has 1 saturated heterocycles. The molecule has 0 spiro atoms. The van der Waals surface area contributed by atoms with Crippen LogP contribution in [0.25, 0.3) is 0 Å². The van der Waals surface area contributed by atoms with Crippen LogP contribution in [0.4, 0.5) is 13.6 Å². The normalized spacial score (nSPS) is 20.7. The fourth-order valence-electron chi connectivity index (χ4n) is 7.00. The zero-order valence-electron chi connectivity index (χ0n) is 33.8. The molecule has 302 valence electrons. The Morgan fingerprint density at radius 2 is 1.54 bits per heavy atom. The molecule has 6 atom stereocenters. The van der Waals surface area contributed by atoms with E-state index in [1.54, 1.807) is 93.8 Å². The Morgan fingerprint density at radius 1 is 0.944 bits per heavy atom. The number of nitrogens with one attached hydrogen (secondary N) is 4. The average molecular weight is 763 g/mol. The van der Waals surface area contributed by atoms with Gasteiger partial charge in [-0.3, -0.25) is 19.2 Å². The van der Waals surface area contributed by atoms with Gasteiger partial charge in [0.25, 0.3) is 5.91 Å². The summed E-state index contributed by atoms with van der Waals surface area (Å²) in [6, 6.07) is 1.25. The maximum absolute atomic E-state index is 14.3. The van der Waals surface area contributed by atoms with E-state index in [2.05, 4.69) is 21.3 Å². The zero-order chi connectivity index (χ0) is 41.1. The molecule has 2 fully saturated rings. The molecule has 1 aromatic carbocycles. The van der Waals surface area contributed by atoms with Crippen LogP contribution in [0.5, 0.6) is 0 Å². The number of ether oxygens (including phenoxy) is 1. The summed E-state index contributed by atoms with van der Waals surface area (Å²) in [5.74, 6) is -3.55. The predicted molar refractivity (Wildman–Crippen MR) is 199 cm³/mol. The Labute approximate surface area is 318 Å². The molecule has 2 unspecified atom stereocenters. The average Bonchev–Trinajstić information content (AvgIpc) is 3.34. The van der Waals surface area contributed by atoms with Gasteiger partial charge in [0.1, 0.15) is 29.8 Å².